The van der Waals surface area contributed by atoms with Crippen LogP contribution >= 0.6 is 0 Å². The second kappa shape index (κ2) is 7.87. The Kier molecular flexibility index (Phi) is 5.14. The van der Waals surface area contributed by atoms with Crippen molar-refractivity contribution in [2.45, 2.75) is 6.54 Å². The average Bonchev–Trinajstić information content (AvgIpc) is 3.10. The van der Waals surface area contributed by atoms with E-state index in [2.05, 4.69) is 20.3 Å². The monoisotopic (exact) mass is 323 g/mol. The summed E-state index contributed by atoms with van der Waals surface area (Å²) in [5, 5.41) is 2.82. The van der Waals surface area contributed by atoms with E-state index in [0.29, 0.717) is 18.8 Å². The Balaban J connectivity index is 1.47. The van der Waals surface area contributed by atoms with Gasteiger partial charge in [-0.2, -0.15) is 0 Å². The molecule has 1 N–H and O–H groups in total. The Bertz CT molecular complexity index is 774. The van der Waals surface area contributed by atoms with E-state index in [9.17, 15) is 4.79 Å². The molecule has 3 heterocycles. The molecule has 0 saturated heterocycles. The number of carbonyl (C=O) groups is 1. The highest BCUT2D eigenvalue weighted by Gasteiger charge is 2.07. The van der Waals surface area contributed by atoms with Crippen LogP contribution in [0.3, 0.4) is 0 Å². The first-order chi connectivity index (χ1) is 11.8. The summed E-state index contributed by atoms with van der Waals surface area (Å²) in [7, 11) is 0. The number of nitrogens with zero attached hydrogens (tertiary/aromatic N) is 4. The Morgan fingerprint density at radius 3 is 2.88 bits per heavy atom. The number of carbonyl (C=O) groups excluding carboxylic acids is 1. The van der Waals surface area contributed by atoms with Crippen LogP contribution in [-0.4, -0.2) is 38.6 Å². The molecule has 0 aliphatic heterocycles. The number of imidazole rings is 1. The van der Waals surface area contributed by atoms with E-state index in [1.54, 1.807) is 36.9 Å². The minimum Gasteiger partial charge on any atom is -0.482 e. The highest BCUT2D eigenvalue weighted by Crippen LogP contribution is 2.13. The van der Waals surface area contributed by atoms with Gasteiger partial charge in [-0.05, 0) is 24.3 Å². The van der Waals surface area contributed by atoms with Gasteiger partial charge in [0.2, 0.25) is 0 Å². The van der Waals surface area contributed by atoms with E-state index in [4.69, 9.17) is 4.74 Å². The summed E-state index contributed by atoms with van der Waals surface area (Å²) in [6, 6.07) is 9.19. The Hall–Kier alpha value is -3.22. The molecule has 3 aromatic rings. The first-order valence-corrected chi connectivity index (χ1v) is 7.55. The van der Waals surface area contributed by atoms with Crippen LogP contribution in [0, 0.1) is 0 Å². The zero-order valence-electron chi connectivity index (χ0n) is 13.0. The second-order valence-corrected chi connectivity index (χ2v) is 4.99. The summed E-state index contributed by atoms with van der Waals surface area (Å²) in [4.78, 5) is 24.3. The maximum absolute atomic E-state index is 11.8. The average molecular weight is 323 g/mol. The molecule has 0 bridgehead atoms. The predicted octanol–water partition coefficient (Wildman–Crippen LogP) is 1.54. The molecule has 0 aromatic carbocycles. The lowest BCUT2D eigenvalue weighted by Gasteiger charge is -2.09. The molecule has 24 heavy (non-hydrogen) atoms. The molecular formula is C17H17N5O2. The van der Waals surface area contributed by atoms with Gasteiger partial charge in [-0.15, -0.1) is 0 Å². The smallest absolute Gasteiger partial charge is 0.258 e. The minimum absolute atomic E-state index is 0.0390. The van der Waals surface area contributed by atoms with Crippen LogP contribution in [0.15, 0.2) is 61.3 Å². The van der Waals surface area contributed by atoms with Crippen LogP contribution in [0.4, 0.5) is 0 Å². The molecule has 7 nitrogen and oxygen atoms in total. The van der Waals surface area contributed by atoms with Crippen LogP contribution in [-0.2, 0) is 11.3 Å². The van der Waals surface area contributed by atoms with E-state index in [-0.39, 0.29) is 12.5 Å². The van der Waals surface area contributed by atoms with Crippen molar-refractivity contribution in [3.8, 4) is 17.3 Å². The number of rotatable bonds is 7. The first kappa shape index (κ1) is 15.7. The van der Waals surface area contributed by atoms with E-state index in [1.807, 2.05) is 29.0 Å². The summed E-state index contributed by atoms with van der Waals surface area (Å²) in [6.07, 6.45) is 8.53. The van der Waals surface area contributed by atoms with Crippen LogP contribution < -0.4 is 10.1 Å². The number of ether oxygens (including phenoxy) is 1. The number of nitrogens with one attached hydrogen (secondary N) is 1. The van der Waals surface area contributed by atoms with Gasteiger partial charge >= 0.3 is 0 Å². The van der Waals surface area contributed by atoms with E-state index >= 15 is 0 Å². The van der Waals surface area contributed by atoms with Gasteiger partial charge in [-0.3, -0.25) is 14.8 Å². The zero-order valence-corrected chi connectivity index (χ0v) is 13.0. The van der Waals surface area contributed by atoms with Crippen molar-refractivity contribution in [1.82, 2.24) is 24.8 Å². The number of amides is 1. The Labute approximate surface area is 139 Å². The lowest BCUT2D eigenvalue weighted by Crippen LogP contribution is -2.31. The molecule has 0 unspecified atom stereocenters. The molecule has 0 radical (unpaired) electrons. The molecule has 0 aliphatic carbocycles. The molecule has 7 heteroatoms. The predicted molar refractivity (Wildman–Crippen MR) is 88.2 cm³/mol. The topological polar surface area (TPSA) is 81.9 Å². The maximum atomic E-state index is 11.8. The number of hydrogen-bond acceptors (Lipinski definition) is 5. The van der Waals surface area contributed by atoms with Crippen LogP contribution in [0.25, 0.3) is 11.5 Å². The highest BCUT2D eigenvalue weighted by atomic mass is 16.5. The Morgan fingerprint density at radius 1 is 1.12 bits per heavy atom. The van der Waals surface area contributed by atoms with Crippen molar-refractivity contribution in [2.24, 2.45) is 0 Å². The van der Waals surface area contributed by atoms with Gasteiger partial charge in [0.1, 0.15) is 11.4 Å². The first-order valence-electron chi connectivity index (χ1n) is 7.55. The summed E-state index contributed by atoms with van der Waals surface area (Å²) >= 11 is 0. The number of aromatic nitrogens is 4. The molecule has 0 aliphatic rings. The SMILES string of the molecule is O=C(COc1cccnc1)NCCn1ccnc1-c1ccccn1. The van der Waals surface area contributed by atoms with Crippen LogP contribution in [0.5, 0.6) is 5.75 Å². The van der Waals surface area contributed by atoms with Gasteiger partial charge in [0, 0.05) is 37.9 Å². The molecule has 3 aromatic heterocycles. The standard InChI is InChI=1S/C17H17N5O2/c23-16(13-24-14-4-3-6-18-12-14)20-8-10-22-11-9-21-17(22)15-5-1-2-7-19-15/h1-7,9,11-12H,8,10,13H2,(H,20,23). The number of hydrogen-bond donors (Lipinski definition) is 1. The third-order valence-corrected chi connectivity index (χ3v) is 3.29. The quantitative estimate of drug-likeness (QED) is 0.713. The molecule has 0 fully saturated rings. The zero-order chi connectivity index (χ0) is 16.6. The normalized spacial score (nSPS) is 10.3. The van der Waals surface area contributed by atoms with Crippen molar-refractivity contribution >= 4 is 5.91 Å². The summed E-state index contributed by atoms with van der Waals surface area (Å²) < 4.78 is 7.29. The minimum atomic E-state index is -0.182. The fourth-order valence-electron chi connectivity index (χ4n) is 2.17. The molecule has 3 rings (SSSR count). The lowest BCUT2D eigenvalue weighted by atomic mass is 10.3. The maximum Gasteiger partial charge on any atom is 0.258 e. The highest BCUT2D eigenvalue weighted by molar-refractivity contribution is 5.77. The van der Waals surface area contributed by atoms with Gasteiger partial charge < -0.3 is 14.6 Å². The molecule has 0 spiro atoms. The van der Waals surface area contributed by atoms with E-state index in [1.165, 1.54) is 0 Å². The second-order valence-electron chi connectivity index (χ2n) is 4.99. The van der Waals surface area contributed by atoms with Gasteiger partial charge in [-0.1, -0.05) is 6.07 Å². The summed E-state index contributed by atoms with van der Waals surface area (Å²) in [5.74, 6) is 1.16. The van der Waals surface area contributed by atoms with Gasteiger partial charge in [-0.25, -0.2) is 4.98 Å². The summed E-state index contributed by atoms with van der Waals surface area (Å²) in [6.45, 7) is 1.04. The van der Waals surface area contributed by atoms with Crippen molar-refractivity contribution in [2.75, 3.05) is 13.2 Å². The fourth-order valence-corrected chi connectivity index (χ4v) is 2.17. The fraction of sp³-hybridized carbons (Fsp3) is 0.176. The Morgan fingerprint density at radius 2 is 2.08 bits per heavy atom. The molecule has 122 valence electrons. The largest absolute Gasteiger partial charge is 0.482 e. The van der Waals surface area contributed by atoms with Crippen molar-refractivity contribution in [3.05, 3.63) is 61.3 Å². The van der Waals surface area contributed by atoms with E-state index in [0.717, 1.165) is 11.5 Å². The number of pyridine rings is 2. The lowest BCUT2D eigenvalue weighted by molar-refractivity contribution is -0.123. The van der Waals surface area contributed by atoms with Crippen LogP contribution in [0.2, 0.25) is 0 Å². The molecular weight excluding hydrogens is 306 g/mol. The van der Waals surface area contributed by atoms with Gasteiger partial charge in [0.25, 0.3) is 5.91 Å². The van der Waals surface area contributed by atoms with Crippen LogP contribution in [0.1, 0.15) is 0 Å². The molecule has 0 saturated carbocycles. The molecule has 1 amide bonds. The molecule has 0 atom stereocenters. The van der Waals surface area contributed by atoms with E-state index < -0.39 is 0 Å². The van der Waals surface area contributed by atoms with Crippen molar-refractivity contribution < 1.29 is 9.53 Å². The van der Waals surface area contributed by atoms with Gasteiger partial charge in [0.15, 0.2) is 12.4 Å². The third-order valence-electron chi connectivity index (χ3n) is 3.29. The van der Waals surface area contributed by atoms with Gasteiger partial charge in [0.05, 0.1) is 6.20 Å². The third kappa shape index (κ3) is 4.16. The summed E-state index contributed by atoms with van der Waals surface area (Å²) in [5.41, 5.74) is 0.800. The van der Waals surface area contributed by atoms with Crippen molar-refractivity contribution in [3.63, 3.8) is 0 Å². The van der Waals surface area contributed by atoms with Crippen molar-refractivity contribution in [1.29, 1.82) is 0 Å².